The zero-order chi connectivity index (χ0) is 14.8. The molecule has 2 heterocycles. The molecule has 0 spiro atoms. The quantitative estimate of drug-likeness (QED) is 0.783. The standard InChI is InChI=1S/C17H15N3O/c1-11-7-8-14-12(5-3-9-19-14)15(11)16-13(17(21)18-2)6-4-10-20-16/h3-10H,1-2H3,(H,18,21). The maximum Gasteiger partial charge on any atom is 0.253 e. The number of hydrogen-bond donors (Lipinski definition) is 1. The first-order valence-electron chi connectivity index (χ1n) is 6.74. The van der Waals surface area contributed by atoms with Gasteiger partial charge in [0.1, 0.15) is 0 Å². The average Bonchev–Trinajstić information content (AvgIpc) is 2.54. The van der Waals surface area contributed by atoms with Crippen LogP contribution in [0.25, 0.3) is 22.2 Å². The van der Waals surface area contributed by atoms with Gasteiger partial charge in [-0.3, -0.25) is 14.8 Å². The van der Waals surface area contributed by atoms with Crippen LogP contribution in [0, 0.1) is 6.92 Å². The summed E-state index contributed by atoms with van der Waals surface area (Å²) in [5, 5.41) is 3.67. The highest BCUT2D eigenvalue weighted by Gasteiger charge is 2.16. The molecule has 1 amide bonds. The molecule has 0 bridgehead atoms. The van der Waals surface area contributed by atoms with Crippen LogP contribution in [0.5, 0.6) is 0 Å². The molecule has 1 N–H and O–H groups in total. The van der Waals surface area contributed by atoms with Crippen LogP contribution in [0.1, 0.15) is 15.9 Å². The number of benzene rings is 1. The first-order valence-corrected chi connectivity index (χ1v) is 6.74. The fourth-order valence-electron chi connectivity index (χ4n) is 2.50. The van der Waals surface area contributed by atoms with E-state index in [0.29, 0.717) is 11.3 Å². The van der Waals surface area contributed by atoms with Crippen LogP contribution in [0.4, 0.5) is 0 Å². The number of rotatable bonds is 2. The van der Waals surface area contributed by atoms with E-state index in [4.69, 9.17) is 0 Å². The Morgan fingerprint density at radius 1 is 1.05 bits per heavy atom. The molecule has 3 aromatic rings. The van der Waals surface area contributed by atoms with Crippen LogP contribution in [-0.2, 0) is 0 Å². The lowest BCUT2D eigenvalue weighted by molar-refractivity contribution is 0.0963. The zero-order valence-electron chi connectivity index (χ0n) is 11.9. The first-order chi connectivity index (χ1) is 10.2. The Labute approximate surface area is 122 Å². The van der Waals surface area contributed by atoms with Gasteiger partial charge in [0.2, 0.25) is 0 Å². The number of hydrogen-bond acceptors (Lipinski definition) is 3. The summed E-state index contributed by atoms with van der Waals surface area (Å²) in [5.41, 5.74) is 4.18. The van der Waals surface area contributed by atoms with Gasteiger partial charge in [-0.25, -0.2) is 0 Å². The third-order valence-corrected chi connectivity index (χ3v) is 3.51. The van der Waals surface area contributed by atoms with Crippen LogP contribution in [0.15, 0.2) is 48.8 Å². The molecule has 0 aliphatic rings. The minimum Gasteiger partial charge on any atom is -0.355 e. The van der Waals surface area contributed by atoms with Crippen molar-refractivity contribution in [2.75, 3.05) is 7.05 Å². The van der Waals surface area contributed by atoms with Crippen LogP contribution < -0.4 is 5.32 Å². The van der Waals surface area contributed by atoms with Gasteiger partial charge in [-0.15, -0.1) is 0 Å². The third kappa shape index (κ3) is 2.25. The van der Waals surface area contributed by atoms with Crippen molar-refractivity contribution in [2.24, 2.45) is 0 Å². The Kier molecular flexibility index (Phi) is 3.36. The molecule has 0 aliphatic carbocycles. The maximum atomic E-state index is 12.1. The van der Waals surface area contributed by atoms with Crippen molar-refractivity contribution in [3.63, 3.8) is 0 Å². The maximum absolute atomic E-state index is 12.1. The lowest BCUT2D eigenvalue weighted by Gasteiger charge is -2.12. The van der Waals surface area contributed by atoms with Gasteiger partial charge in [-0.2, -0.15) is 0 Å². The molecule has 0 unspecified atom stereocenters. The average molecular weight is 277 g/mol. The summed E-state index contributed by atoms with van der Waals surface area (Å²) in [6.45, 7) is 2.02. The third-order valence-electron chi connectivity index (χ3n) is 3.51. The number of carbonyl (C=O) groups excluding carboxylic acids is 1. The van der Waals surface area contributed by atoms with Crippen molar-refractivity contribution < 1.29 is 4.79 Å². The zero-order valence-corrected chi connectivity index (χ0v) is 11.9. The number of aryl methyl sites for hydroxylation is 1. The minimum atomic E-state index is -0.140. The second-order valence-electron chi connectivity index (χ2n) is 4.81. The predicted molar refractivity (Wildman–Crippen MR) is 83.1 cm³/mol. The van der Waals surface area contributed by atoms with Crippen molar-refractivity contribution in [1.29, 1.82) is 0 Å². The van der Waals surface area contributed by atoms with E-state index in [2.05, 4.69) is 15.3 Å². The summed E-state index contributed by atoms with van der Waals surface area (Å²) in [6, 6.07) is 11.5. The highest BCUT2D eigenvalue weighted by molar-refractivity contribution is 6.04. The number of nitrogens with zero attached hydrogens (tertiary/aromatic N) is 2. The topological polar surface area (TPSA) is 54.9 Å². The van der Waals surface area contributed by atoms with Gasteiger partial charge in [0, 0.05) is 30.4 Å². The second kappa shape index (κ2) is 5.32. The molecular formula is C17H15N3O. The molecule has 0 saturated carbocycles. The molecule has 1 aromatic carbocycles. The highest BCUT2D eigenvalue weighted by Crippen LogP contribution is 2.31. The van der Waals surface area contributed by atoms with E-state index in [1.807, 2.05) is 31.2 Å². The Morgan fingerprint density at radius 2 is 1.81 bits per heavy atom. The molecule has 4 nitrogen and oxygen atoms in total. The molecular weight excluding hydrogens is 262 g/mol. The van der Waals surface area contributed by atoms with E-state index in [-0.39, 0.29) is 5.91 Å². The van der Waals surface area contributed by atoms with Gasteiger partial charge in [0.05, 0.1) is 16.8 Å². The number of fused-ring (bicyclic) bond motifs is 1. The summed E-state index contributed by atoms with van der Waals surface area (Å²) in [7, 11) is 1.62. The summed E-state index contributed by atoms with van der Waals surface area (Å²) >= 11 is 0. The molecule has 0 aliphatic heterocycles. The lowest BCUT2D eigenvalue weighted by atomic mass is 9.96. The summed E-state index contributed by atoms with van der Waals surface area (Å²) in [6.07, 6.45) is 3.47. The fourth-order valence-corrected chi connectivity index (χ4v) is 2.50. The summed E-state index contributed by atoms with van der Waals surface area (Å²) < 4.78 is 0. The normalized spacial score (nSPS) is 10.6. The fraction of sp³-hybridized carbons (Fsp3) is 0.118. The van der Waals surface area contributed by atoms with Crippen molar-refractivity contribution in [3.05, 3.63) is 59.9 Å². The van der Waals surface area contributed by atoms with Gasteiger partial charge in [0.25, 0.3) is 5.91 Å². The molecule has 104 valence electrons. The van der Waals surface area contributed by atoms with E-state index < -0.39 is 0 Å². The minimum absolute atomic E-state index is 0.140. The SMILES string of the molecule is CNC(=O)c1cccnc1-c1c(C)ccc2ncccc12. The number of aromatic nitrogens is 2. The molecule has 21 heavy (non-hydrogen) atoms. The van der Waals surface area contributed by atoms with Gasteiger partial charge >= 0.3 is 0 Å². The number of nitrogens with one attached hydrogen (secondary N) is 1. The van der Waals surface area contributed by atoms with Gasteiger partial charge < -0.3 is 5.32 Å². The van der Waals surface area contributed by atoms with E-state index >= 15 is 0 Å². The molecule has 4 heteroatoms. The Hall–Kier alpha value is -2.75. The van der Waals surface area contributed by atoms with E-state index in [9.17, 15) is 4.79 Å². The number of amides is 1. The smallest absolute Gasteiger partial charge is 0.253 e. The first kappa shape index (κ1) is 13.2. The molecule has 0 fully saturated rings. The number of pyridine rings is 2. The molecule has 0 radical (unpaired) electrons. The van der Waals surface area contributed by atoms with Crippen LogP contribution in [-0.4, -0.2) is 22.9 Å². The van der Waals surface area contributed by atoms with Gasteiger partial charge in [-0.1, -0.05) is 12.1 Å². The van der Waals surface area contributed by atoms with Crippen LogP contribution in [0.2, 0.25) is 0 Å². The van der Waals surface area contributed by atoms with E-state index in [0.717, 1.165) is 22.0 Å². The van der Waals surface area contributed by atoms with E-state index in [1.165, 1.54) is 0 Å². The van der Waals surface area contributed by atoms with Crippen molar-refractivity contribution in [1.82, 2.24) is 15.3 Å². The lowest BCUT2D eigenvalue weighted by Crippen LogP contribution is -2.19. The molecule has 2 aromatic heterocycles. The molecule has 3 rings (SSSR count). The van der Waals surface area contributed by atoms with Crippen molar-refractivity contribution in [3.8, 4) is 11.3 Å². The van der Waals surface area contributed by atoms with Gasteiger partial charge in [0.15, 0.2) is 0 Å². The molecule has 0 atom stereocenters. The number of carbonyl (C=O) groups is 1. The van der Waals surface area contributed by atoms with Crippen molar-refractivity contribution >= 4 is 16.8 Å². The molecule has 0 saturated heterocycles. The Bertz CT molecular complexity index is 827. The second-order valence-corrected chi connectivity index (χ2v) is 4.81. The van der Waals surface area contributed by atoms with Crippen LogP contribution >= 0.6 is 0 Å². The Morgan fingerprint density at radius 3 is 2.62 bits per heavy atom. The van der Waals surface area contributed by atoms with Gasteiger partial charge in [-0.05, 0) is 36.8 Å². The largest absolute Gasteiger partial charge is 0.355 e. The summed E-state index contributed by atoms with van der Waals surface area (Å²) in [4.78, 5) is 20.9. The summed E-state index contributed by atoms with van der Waals surface area (Å²) in [5.74, 6) is -0.140. The predicted octanol–water partition coefficient (Wildman–Crippen LogP) is 2.96. The monoisotopic (exact) mass is 277 g/mol. The van der Waals surface area contributed by atoms with Crippen LogP contribution in [0.3, 0.4) is 0 Å². The highest BCUT2D eigenvalue weighted by atomic mass is 16.1. The van der Waals surface area contributed by atoms with Crippen molar-refractivity contribution in [2.45, 2.75) is 6.92 Å². The Balaban J connectivity index is 2.36. The van der Waals surface area contributed by atoms with E-state index in [1.54, 1.807) is 31.6 Å².